The van der Waals surface area contributed by atoms with E-state index in [1.165, 1.54) is 0 Å². The molecule has 2 N–H and O–H groups in total. The predicted octanol–water partition coefficient (Wildman–Crippen LogP) is 3.12. The van der Waals surface area contributed by atoms with E-state index in [-0.39, 0.29) is 0 Å². The van der Waals surface area contributed by atoms with Crippen molar-refractivity contribution in [2.75, 3.05) is 5.32 Å². The number of hydrogen-bond donors (Lipinski definition) is 2. The third-order valence-electron chi connectivity index (χ3n) is 1.89. The number of anilines is 2. The van der Waals surface area contributed by atoms with E-state index in [9.17, 15) is 0 Å². The van der Waals surface area contributed by atoms with Gasteiger partial charge in [-0.05, 0) is 30.7 Å². The molecule has 0 unspecified atom stereocenters. The number of aromatic nitrogens is 2. The maximum atomic E-state index is 5.82. The first kappa shape index (κ1) is 9.09. The fourth-order valence-electron chi connectivity index (χ4n) is 1.19. The summed E-state index contributed by atoms with van der Waals surface area (Å²) in [5, 5.41) is 3.72. The quantitative estimate of drug-likeness (QED) is 0.743. The third-order valence-corrected chi connectivity index (χ3v) is 2.29. The zero-order valence-corrected chi connectivity index (χ0v) is 8.47. The van der Waals surface area contributed by atoms with Crippen LogP contribution in [0.25, 0.3) is 0 Å². The molecule has 0 saturated heterocycles. The van der Waals surface area contributed by atoms with E-state index in [1.807, 2.05) is 31.3 Å². The Hall–Kier alpha value is -1.48. The van der Waals surface area contributed by atoms with Crippen molar-refractivity contribution < 1.29 is 0 Å². The summed E-state index contributed by atoms with van der Waals surface area (Å²) < 4.78 is 0. The van der Waals surface area contributed by atoms with Crippen LogP contribution >= 0.6 is 11.6 Å². The van der Waals surface area contributed by atoms with Crippen LogP contribution < -0.4 is 5.32 Å². The molecule has 4 heteroatoms. The van der Waals surface area contributed by atoms with Crippen LogP contribution in [0.15, 0.2) is 30.6 Å². The first-order chi connectivity index (χ1) is 6.75. The standard InChI is InChI=1S/C10H10ClN3/c1-7-5-8(6-13-10(7)11)14-9-3-2-4-12-9/h2-6,12,14H,1H3. The largest absolute Gasteiger partial charge is 0.348 e. The zero-order valence-electron chi connectivity index (χ0n) is 7.71. The second kappa shape index (κ2) is 3.72. The molecule has 2 rings (SSSR count). The summed E-state index contributed by atoms with van der Waals surface area (Å²) in [5.74, 6) is 0.938. The molecule has 2 heterocycles. The topological polar surface area (TPSA) is 40.7 Å². The number of rotatable bonds is 2. The zero-order chi connectivity index (χ0) is 9.97. The number of H-pyrrole nitrogens is 1. The lowest BCUT2D eigenvalue weighted by atomic mass is 10.3. The third kappa shape index (κ3) is 1.88. The normalized spacial score (nSPS) is 10.1. The second-order valence-corrected chi connectivity index (χ2v) is 3.40. The Morgan fingerprint density at radius 3 is 3.00 bits per heavy atom. The molecule has 0 aliphatic heterocycles. The van der Waals surface area contributed by atoms with Gasteiger partial charge in [0.25, 0.3) is 0 Å². The molecule has 0 radical (unpaired) electrons. The molecule has 0 aromatic carbocycles. The number of hydrogen-bond acceptors (Lipinski definition) is 2. The molecule has 0 aliphatic carbocycles. The Morgan fingerprint density at radius 2 is 2.36 bits per heavy atom. The van der Waals surface area contributed by atoms with Crippen molar-refractivity contribution in [1.82, 2.24) is 9.97 Å². The number of aryl methyl sites for hydroxylation is 1. The minimum absolute atomic E-state index is 0.544. The van der Waals surface area contributed by atoms with Gasteiger partial charge in [-0.2, -0.15) is 0 Å². The maximum Gasteiger partial charge on any atom is 0.132 e. The van der Waals surface area contributed by atoms with Gasteiger partial charge in [0.1, 0.15) is 11.0 Å². The summed E-state index contributed by atoms with van der Waals surface area (Å²) in [5.41, 5.74) is 1.89. The molecule has 0 bridgehead atoms. The highest BCUT2D eigenvalue weighted by Gasteiger charge is 1.99. The Morgan fingerprint density at radius 1 is 1.50 bits per heavy atom. The van der Waals surface area contributed by atoms with E-state index < -0.39 is 0 Å². The number of nitrogens with zero attached hydrogens (tertiary/aromatic N) is 1. The number of pyridine rings is 1. The highest BCUT2D eigenvalue weighted by Crippen LogP contribution is 2.18. The molecule has 0 amide bonds. The molecule has 0 aliphatic rings. The molecular weight excluding hydrogens is 198 g/mol. The molecule has 0 spiro atoms. The van der Waals surface area contributed by atoms with E-state index in [0.717, 1.165) is 17.1 Å². The van der Waals surface area contributed by atoms with Crippen LogP contribution in [0.5, 0.6) is 0 Å². The summed E-state index contributed by atoms with van der Waals surface area (Å²) in [4.78, 5) is 7.10. The van der Waals surface area contributed by atoms with Crippen LogP contribution in [-0.2, 0) is 0 Å². The Labute approximate surface area is 87.1 Å². The van der Waals surface area contributed by atoms with Gasteiger partial charge in [-0.3, -0.25) is 0 Å². The summed E-state index contributed by atoms with van der Waals surface area (Å²) in [6, 6.07) is 5.83. The summed E-state index contributed by atoms with van der Waals surface area (Å²) in [6.07, 6.45) is 3.56. The van der Waals surface area contributed by atoms with Crippen molar-refractivity contribution in [3.05, 3.63) is 41.3 Å². The van der Waals surface area contributed by atoms with Gasteiger partial charge in [-0.25, -0.2) is 4.98 Å². The Bertz CT molecular complexity index is 423. The predicted molar refractivity (Wildman–Crippen MR) is 58.1 cm³/mol. The smallest absolute Gasteiger partial charge is 0.132 e. The average Bonchev–Trinajstić information content (AvgIpc) is 2.64. The van der Waals surface area contributed by atoms with Crippen molar-refractivity contribution in [2.45, 2.75) is 6.92 Å². The van der Waals surface area contributed by atoms with Gasteiger partial charge in [0.15, 0.2) is 0 Å². The second-order valence-electron chi connectivity index (χ2n) is 3.04. The fraction of sp³-hybridized carbons (Fsp3) is 0.100. The fourth-order valence-corrected chi connectivity index (χ4v) is 1.29. The molecule has 2 aromatic rings. The number of halogens is 1. The lowest BCUT2D eigenvalue weighted by Gasteiger charge is -2.04. The molecule has 3 nitrogen and oxygen atoms in total. The molecule has 2 aromatic heterocycles. The van der Waals surface area contributed by atoms with Gasteiger partial charge in [-0.1, -0.05) is 11.6 Å². The van der Waals surface area contributed by atoms with Crippen LogP contribution in [0, 0.1) is 6.92 Å². The van der Waals surface area contributed by atoms with Crippen molar-refractivity contribution in [3.63, 3.8) is 0 Å². The van der Waals surface area contributed by atoms with E-state index in [4.69, 9.17) is 11.6 Å². The van der Waals surface area contributed by atoms with Gasteiger partial charge in [0, 0.05) is 6.20 Å². The van der Waals surface area contributed by atoms with Crippen molar-refractivity contribution in [2.24, 2.45) is 0 Å². The Kier molecular flexibility index (Phi) is 2.41. The highest BCUT2D eigenvalue weighted by atomic mass is 35.5. The van der Waals surface area contributed by atoms with E-state index in [2.05, 4.69) is 15.3 Å². The highest BCUT2D eigenvalue weighted by molar-refractivity contribution is 6.30. The van der Waals surface area contributed by atoms with Crippen LogP contribution in [0.4, 0.5) is 11.5 Å². The lowest BCUT2D eigenvalue weighted by molar-refractivity contribution is 1.26. The molecule has 0 saturated carbocycles. The summed E-state index contributed by atoms with van der Waals surface area (Å²) >= 11 is 5.82. The molecule has 14 heavy (non-hydrogen) atoms. The minimum atomic E-state index is 0.544. The van der Waals surface area contributed by atoms with Gasteiger partial charge in [0.2, 0.25) is 0 Å². The molecule has 0 atom stereocenters. The van der Waals surface area contributed by atoms with Gasteiger partial charge in [-0.15, -0.1) is 0 Å². The first-order valence-electron chi connectivity index (χ1n) is 4.28. The van der Waals surface area contributed by atoms with E-state index in [1.54, 1.807) is 6.20 Å². The van der Waals surface area contributed by atoms with E-state index in [0.29, 0.717) is 5.15 Å². The monoisotopic (exact) mass is 207 g/mol. The minimum Gasteiger partial charge on any atom is -0.348 e. The van der Waals surface area contributed by atoms with Crippen molar-refractivity contribution in [3.8, 4) is 0 Å². The Balaban J connectivity index is 2.22. The SMILES string of the molecule is Cc1cc(Nc2ccc[nH]2)cnc1Cl. The van der Waals surface area contributed by atoms with E-state index >= 15 is 0 Å². The first-order valence-corrected chi connectivity index (χ1v) is 4.66. The molecule has 72 valence electrons. The lowest BCUT2D eigenvalue weighted by Crippen LogP contribution is -1.92. The molecular formula is C10H10ClN3. The average molecular weight is 208 g/mol. The number of nitrogens with one attached hydrogen (secondary N) is 2. The van der Waals surface area contributed by atoms with Crippen molar-refractivity contribution >= 4 is 23.1 Å². The summed E-state index contributed by atoms with van der Waals surface area (Å²) in [7, 11) is 0. The molecule has 0 fully saturated rings. The van der Waals surface area contributed by atoms with Gasteiger partial charge in [0.05, 0.1) is 11.9 Å². The maximum absolute atomic E-state index is 5.82. The van der Waals surface area contributed by atoms with Crippen LogP contribution in [0.3, 0.4) is 0 Å². The van der Waals surface area contributed by atoms with Gasteiger partial charge < -0.3 is 10.3 Å². The van der Waals surface area contributed by atoms with Crippen LogP contribution in [0.2, 0.25) is 5.15 Å². The number of aromatic amines is 1. The van der Waals surface area contributed by atoms with Crippen LogP contribution in [0.1, 0.15) is 5.56 Å². The van der Waals surface area contributed by atoms with Crippen molar-refractivity contribution in [1.29, 1.82) is 0 Å². The van der Waals surface area contributed by atoms with Gasteiger partial charge >= 0.3 is 0 Å². The summed E-state index contributed by atoms with van der Waals surface area (Å²) in [6.45, 7) is 1.93. The van der Waals surface area contributed by atoms with Crippen LogP contribution in [-0.4, -0.2) is 9.97 Å².